The van der Waals surface area contributed by atoms with Gasteiger partial charge in [0.15, 0.2) is 0 Å². The van der Waals surface area contributed by atoms with Gasteiger partial charge in [0.25, 0.3) is 0 Å². The van der Waals surface area contributed by atoms with Crippen LogP contribution >= 0.6 is 0 Å². The van der Waals surface area contributed by atoms with Gasteiger partial charge in [-0.3, -0.25) is 0 Å². The maximum atomic E-state index is 12.6. The third-order valence-electron chi connectivity index (χ3n) is 5.57. The average molecular weight is 349 g/mol. The average Bonchev–Trinajstić information content (AvgIpc) is 3.08. The van der Waals surface area contributed by atoms with Gasteiger partial charge in [-0.25, -0.2) is 4.79 Å². The second-order valence-electron chi connectivity index (χ2n) is 7.76. The number of urea groups is 1. The normalized spacial score (nSPS) is 19.4. The molecule has 4 nitrogen and oxygen atoms in total. The lowest BCUT2D eigenvalue weighted by Gasteiger charge is -2.29. The topological polar surface area (TPSA) is 35.6 Å². The highest BCUT2D eigenvalue weighted by Gasteiger charge is 2.21. The molecule has 136 valence electrons. The lowest BCUT2D eigenvalue weighted by Crippen LogP contribution is -2.38. The van der Waals surface area contributed by atoms with Crippen LogP contribution in [0.15, 0.2) is 42.5 Å². The van der Waals surface area contributed by atoms with Gasteiger partial charge in [0.2, 0.25) is 0 Å². The van der Waals surface area contributed by atoms with E-state index in [-0.39, 0.29) is 6.03 Å². The molecule has 1 saturated heterocycles. The van der Waals surface area contributed by atoms with Crippen LogP contribution in [0.5, 0.6) is 0 Å². The first-order valence-electron chi connectivity index (χ1n) is 9.58. The highest BCUT2D eigenvalue weighted by molar-refractivity contribution is 5.89. The third kappa shape index (κ3) is 3.55. The molecule has 1 unspecified atom stereocenters. The largest absolute Gasteiger partial charge is 0.371 e. The van der Waals surface area contributed by atoms with E-state index in [4.69, 9.17) is 0 Å². The molecule has 0 aliphatic carbocycles. The number of aryl methyl sites for hydroxylation is 1. The van der Waals surface area contributed by atoms with Crippen molar-refractivity contribution in [3.63, 3.8) is 0 Å². The number of fused-ring (bicyclic) bond motifs is 1. The zero-order valence-electron chi connectivity index (χ0n) is 15.7. The van der Waals surface area contributed by atoms with Crippen molar-refractivity contribution in [2.75, 3.05) is 29.9 Å². The standard InChI is InChI=1S/C22H27N3O/c1-16-3-4-19-15-25(12-10-18(19)13-16)22(26)23-20-5-7-21(8-6-20)24-11-9-17(2)14-24/h3-8,13,17H,9-12,14-15H2,1-2H3,(H,23,26). The molecule has 4 heteroatoms. The van der Waals surface area contributed by atoms with Gasteiger partial charge in [0, 0.05) is 37.6 Å². The van der Waals surface area contributed by atoms with E-state index in [1.165, 1.54) is 28.8 Å². The Morgan fingerprint density at radius 3 is 2.62 bits per heavy atom. The number of hydrogen-bond acceptors (Lipinski definition) is 2. The Labute approximate surface area is 155 Å². The molecule has 2 amide bonds. The molecule has 0 bridgehead atoms. The molecule has 1 fully saturated rings. The van der Waals surface area contributed by atoms with Gasteiger partial charge in [0.05, 0.1) is 0 Å². The van der Waals surface area contributed by atoms with Crippen LogP contribution < -0.4 is 10.2 Å². The van der Waals surface area contributed by atoms with Crippen LogP contribution in [0.3, 0.4) is 0 Å². The zero-order chi connectivity index (χ0) is 18.1. The number of benzene rings is 2. The first-order valence-corrected chi connectivity index (χ1v) is 9.58. The minimum Gasteiger partial charge on any atom is -0.371 e. The van der Waals surface area contributed by atoms with Crippen LogP contribution in [-0.2, 0) is 13.0 Å². The number of carbonyl (C=O) groups excluding carboxylic acids is 1. The van der Waals surface area contributed by atoms with Crippen LogP contribution in [0.4, 0.5) is 16.2 Å². The molecule has 0 radical (unpaired) electrons. The summed E-state index contributed by atoms with van der Waals surface area (Å²) in [6.07, 6.45) is 2.19. The smallest absolute Gasteiger partial charge is 0.322 e. The van der Waals surface area contributed by atoms with E-state index in [1.807, 2.05) is 17.0 Å². The SMILES string of the molecule is Cc1ccc2c(c1)CCN(C(=O)Nc1ccc(N3CCC(C)C3)cc1)C2. The fourth-order valence-electron chi connectivity index (χ4n) is 3.98. The van der Waals surface area contributed by atoms with Gasteiger partial charge in [-0.1, -0.05) is 30.7 Å². The third-order valence-corrected chi connectivity index (χ3v) is 5.57. The van der Waals surface area contributed by atoms with Gasteiger partial charge in [-0.2, -0.15) is 0 Å². The molecule has 1 N–H and O–H groups in total. The molecular weight excluding hydrogens is 322 g/mol. The Morgan fingerprint density at radius 1 is 1.08 bits per heavy atom. The van der Waals surface area contributed by atoms with Gasteiger partial charge < -0.3 is 15.1 Å². The summed E-state index contributed by atoms with van der Waals surface area (Å²) in [5.41, 5.74) is 6.03. The maximum absolute atomic E-state index is 12.6. The lowest BCUT2D eigenvalue weighted by molar-refractivity contribution is 0.206. The van der Waals surface area contributed by atoms with Crippen molar-refractivity contribution in [2.24, 2.45) is 5.92 Å². The Morgan fingerprint density at radius 2 is 1.88 bits per heavy atom. The molecule has 2 heterocycles. The fourth-order valence-corrected chi connectivity index (χ4v) is 3.98. The molecular formula is C22H27N3O. The van der Waals surface area contributed by atoms with Crippen LogP contribution in [0.1, 0.15) is 30.0 Å². The number of carbonyl (C=O) groups is 1. The van der Waals surface area contributed by atoms with Crippen molar-refractivity contribution in [3.8, 4) is 0 Å². The summed E-state index contributed by atoms with van der Waals surface area (Å²) in [5.74, 6) is 0.764. The van der Waals surface area contributed by atoms with Gasteiger partial charge >= 0.3 is 6.03 Å². The van der Waals surface area contributed by atoms with Crippen molar-refractivity contribution >= 4 is 17.4 Å². The van der Waals surface area contributed by atoms with Crippen molar-refractivity contribution in [3.05, 3.63) is 59.2 Å². The highest BCUT2D eigenvalue weighted by Crippen LogP contribution is 2.25. The number of amides is 2. The summed E-state index contributed by atoms with van der Waals surface area (Å²) >= 11 is 0. The highest BCUT2D eigenvalue weighted by atomic mass is 16.2. The van der Waals surface area contributed by atoms with E-state index in [1.54, 1.807) is 0 Å². The quantitative estimate of drug-likeness (QED) is 0.870. The van der Waals surface area contributed by atoms with Gasteiger partial charge in [-0.15, -0.1) is 0 Å². The predicted molar refractivity (Wildman–Crippen MR) is 107 cm³/mol. The molecule has 0 saturated carbocycles. The number of nitrogens with one attached hydrogen (secondary N) is 1. The van der Waals surface area contributed by atoms with E-state index >= 15 is 0 Å². The Hall–Kier alpha value is -2.49. The summed E-state index contributed by atoms with van der Waals surface area (Å²) in [5, 5.41) is 3.05. The Balaban J connectivity index is 1.38. The first-order chi connectivity index (χ1) is 12.6. The maximum Gasteiger partial charge on any atom is 0.322 e. The van der Waals surface area contributed by atoms with Crippen LogP contribution in [0.2, 0.25) is 0 Å². The first kappa shape index (κ1) is 17.0. The van der Waals surface area contributed by atoms with Crippen LogP contribution in [0, 0.1) is 12.8 Å². The number of rotatable bonds is 2. The number of anilines is 2. The summed E-state index contributed by atoms with van der Waals surface area (Å²) < 4.78 is 0. The monoisotopic (exact) mass is 349 g/mol. The summed E-state index contributed by atoms with van der Waals surface area (Å²) in [7, 11) is 0. The zero-order valence-corrected chi connectivity index (χ0v) is 15.7. The molecule has 4 rings (SSSR count). The summed E-state index contributed by atoms with van der Waals surface area (Å²) in [4.78, 5) is 16.9. The number of hydrogen-bond donors (Lipinski definition) is 1. The van der Waals surface area contributed by atoms with Crippen molar-refractivity contribution in [2.45, 2.75) is 33.2 Å². The van der Waals surface area contributed by atoms with Gasteiger partial charge in [-0.05, 0) is 61.1 Å². The molecule has 0 spiro atoms. The van der Waals surface area contributed by atoms with E-state index in [0.29, 0.717) is 6.54 Å². The molecule has 2 aliphatic rings. The Kier molecular flexibility index (Phi) is 4.58. The molecule has 2 aliphatic heterocycles. The van der Waals surface area contributed by atoms with E-state index in [2.05, 4.69) is 54.4 Å². The predicted octanol–water partition coefficient (Wildman–Crippen LogP) is 4.43. The minimum atomic E-state index is -0.0150. The summed E-state index contributed by atoms with van der Waals surface area (Å²) in [6.45, 7) is 8.12. The van der Waals surface area contributed by atoms with E-state index in [0.717, 1.165) is 37.7 Å². The van der Waals surface area contributed by atoms with Crippen molar-refractivity contribution < 1.29 is 4.79 Å². The fraction of sp³-hybridized carbons (Fsp3) is 0.409. The molecule has 1 atom stereocenters. The lowest BCUT2D eigenvalue weighted by atomic mass is 9.98. The molecule has 2 aromatic carbocycles. The van der Waals surface area contributed by atoms with Gasteiger partial charge in [0.1, 0.15) is 0 Å². The molecule has 2 aromatic rings. The second kappa shape index (κ2) is 7.02. The Bertz CT molecular complexity index is 800. The van der Waals surface area contributed by atoms with E-state index in [9.17, 15) is 4.79 Å². The molecule has 26 heavy (non-hydrogen) atoms. The van der Waals surface area contributed by atoms with Crippen molar-refractivity contribution in [1.29, 1.82) is 0 Å². The minimum absolute atomic E-state index is 0.0150. The molecule has 0 aromatic heterocycles. The summed E-state index contributed by atoms with van der Waals surface area (Å²) in [6, 6.07) is 14.7. The van der Waals surface area contributed by atoms with E-state index < -0.39 is 0 Å². The number of nitrogens with zero attached hydrogens (tertiary/aromatic N) is 2. The second-order valence-corrected chi connectivity index (χ2v) is 7.76. The van der Waals surface area contributed by atoms with Crippen LogP contribution in [-0.4, -0.2) is 30.6 Å². The van der Waals surface area contributed by atoms with Crippen LogP contribution in [0.25, 0.3) is 0 Å². The van der Waals surface area contributed by atoms with Crippen molar-refractivity contribution in [1.82, 2.24) is 4.90 Å².